The average Bonchev–Trinajstić information content (AvgIpc) is 1.81. The van der Waals surface area contributed by atoms with Gasteiger partial charge in [-0.3, -0.25) is 42.9 Å². The minimum absolute atomic E-state index is 0. The molecule has 4 heterocycles. The second kappa shape index (κ2) is 61.8. The number of nitrogens with zero attached hydrogens (tertiary/aromatic N) is 1. The average molecular weight is 1700 g/mol. The number of carbonyl (C=O) groups is 8. The maximum atomic E-state index is 14.2. The largest absolute Gasteiger partial charge is 0.756 e. The number of hydrogen-bond donors (Lipinski definition) is 9. The van der Waals surface area contributed by atoms with Crippen LogP contribution in [0.5, 0.6) is 0 Å². The van der Waals surface area contributed by atoms with Crippen molar-refractivity contribution in [2.45, 2.75) is 365 Å². The molecule has 0 saturated carbocycles. The fourth-order valence-electron chi connectivity index (χ4n) is 15.2. The molecule has 1 amide bonds. The van der Waals surface area contributed by atoms with Gasteiger partial charge in [-0.2, -0.15) is 0 Å². The van der Waals surface area contributed by atoms with Crippen molar-refractivity contribution in [3.8, 4) is 0 Å². The zero-order valence-corrected chi connectivity index (χ0v) is 71.2. The van der Waals surface area contributed by atoms with E-state index in [1.165, 1.54) is 0 Å². The van der Waals surface area contributed by atoms with E-state index < -0.39 is 125 Å². The minimum atomic E-state index is -4.42. The first-order valence-electron chi connectivity index (χ1n) is 43.5. The van der Waals surface area contributed by atoms with Gasteiger partial charge in [0.2, 0.25) is 5.91 Å². The molecule has 0 aromatic heterocycles. The second-order valence-electron chi connectivity index (χ2n) is 33.0. The Morgan fingerprint density at radius 2 is 0.667 bits per heavy atom. The molecule has 4 rings (SSSR count). The molecular formula is C85H151NO30P-. The molecule has 4 saturated heterocycles. The standard InChI is InChI=1S/C84H148NO30P.CH4/c1-59-49-63(55-112-116(103,104)105-5)85(51-59)74(96)39-22-11-9-7-6-8-10-15-38-70(95)50-84(56-106-46-40-67(92)32-19-12-16-29-64(89)35-23-26-43-109-81-60(2)75(97)78(100)71(52-86)113-81,57-107-47-41-68(93)33-20-13-17-30-65(90)36-24-27-44-110-82-61(3)76(98)79(101)72(53-87)114-82)58-108-48-42-69(94)34-21-14-18-31-66(91)37-25-28-45-111-83-62(4)77(99)80(102)73(54-88)115-83;/h59-63,71-73,75-83,86-88,97-102H,6-58H2,1-5H3,(H,103,104);1H4/p-1/t59-,60?,61?,62?,63+,71?,72?,73?,75?,76?,77?,78?,79?,80?,81?,82?,83?,84?;/m1./s1. The molecule has 682 valence electrons. The number of likely N-dealkylation sites (tertiary alicyclic amines) is 1. The molecular weight excluding hydrogens is 1550 g/mol. The zero-order valence-electron chi connectivity index (χ0n) is 70.3. The quantitative estimate of drug-likeness (QED) is 0.0205. The van der Waals surface area contributed by atoms with Gasteiger partial charge in [-0.15, -0.1) is 0 Å². The fraction of sp³-hybridized carbons (Fsp3) is 0.906. The molecule has 0 aliphatic carbocycles. The Morgan fingerprint density at radius 3 is 0.974 bits per heavy atom. The lowest BCUT2D eigenvalue weighted by Crippen LogP contribution is -2.55. The number of ketones is 7. The lowest BCUT2D eigenvalue weighted by Gasteiger charge is -2.40. The molecule has 31 nitrogen and oxygen atoms in total. The summed E-state index contributed by atoms with van der Waals surface area (Å²) in [5.41, 5.74) is -1.07. The summed E-state index contributed by atoms with van der Waals surface area (Å²) in [6.07, 6.45) is 8.12. The molecule has 18 atom stereocenters. The summed E-state index contributed by atoms with van der Waals surface area (Å²) >= 11 is 0. The van der Waals surface area contributed by atoms with Crippen molar-refractivity contribution in [1.82, 2.24) is 4.90 Å². The molecule has 4 aliphatic rings. The number of Topliss-reactive ketones (excluding diaryl/α,β-unsaturated/α-hetero) is 7. The number of carbonyl (C=O) groups excluding carboxylic acids is 8. The Balaban J connectivity index is 0.0000354. The van der Waals surface area contributed by atoms with Gasteiger partial charge in [0.05, 0.1) is 90.4 Å². The number of aliphatic hydroxyl groups is 9. The summed E-state index contributed by atoms with van der Waals surface area (Å²) in [6.45, 7) is 6.96. The molecule has 0 aromatic rings. The van der Waals surface area contributed by atoms with E-state index in [4.69, 9.17) is 47.2 Å². The third-order valence-electron chi connectivity index (χ3n) is 22.8. The van der Waals surface area contributed by atoms with E-state index >= 15 is 0 Å². The number of ether oxygens (including phenoxy) is 9. The Hall–Kier alpha value is -3.45. The van der Waals surface area contributed by atoms with Crippen LogP contribution in [-0.2, 0) is 94.6 Å². The third kappa shape index (κ3) is 43.6. The SMILES string of the molecule is C.COP(=O)([O-])OC[C@@H]1C[C@@H](C)CN1C(=O)CCCCCCCCCCC(=O)CC(COCCC(=O)CCCCCC(=O)CCCCOC1OC(CO)C(O)C(O)C1C)(COCCC(=O)CCCCCC(=O)CCCCOC1OC(CO)C(O)C(O)C1C)COCCC(=O)CCCCCC(=O)CCCCOC1OC(CO)C(O)C(O)C1C. The summed E-state index contributed by atoms with van der Waals surface area (Å²) in [6, 6.07) is -0.333. The van der Waals surface area contributed by atoms with Gasteiger partial charge in [0, 0.05) is 153 Å². The summed E-state index contributed by atoms with van der Waals surface area (Å²) in [5.74, 6) is -1.18. The molecule has 9 N–H and O–H groups in total. The van der Waals surface area contributed by atoms with Gasteiger partial charge in [0.15, 0.2) is 18.9 Å². The molecule has 0 spiro atoms. The fourth-order valence-corrected chi connectivity index (χ4v) is 15.6. The van der Waals surface area contributed by atoms with Crippen LogP contribution in [0.3, 0.4) is 0 Å². The maximum Gasteiger partial charge on any atom is 0.267 e. The van der Waals surface area contributed by atoms with Crippen molar-refractivity contribution in [2.75, 3.05) is 99.5 Å². The number of unbranched alkanes of at least 4 members (excludes halogenated alkanes) is 16. The minimum Gasteiger partial charge on any atom is -0.756 e. The van der Waals surface area contributed by atoms with Crippen LogP contribution in [0, 0.1) is 29.1 Å². The van der Waals surface area contributed by atoms with Crippen molar-refractivity contribution in [3.63, 3.8) is 0 Å². The molecule has 0 aromatic carbocycles. The second-order valence-corrected chi connectivity index (χ2v) is 34.5. The Morgan fingerprint density at radius 1 is 0.393 bits per heavy atom. The molecule has 16 unspecified atom stereocenters. The van der Waals surface area contributed by atoms with Crippen molar-refractivity contribution < 1.29 is 145 Å². The molecule has 0 bridgehead atoms. The predicted molar refractivity (Wildman–Crippen MR) is 431 cm³/mol. The number of phosphoric ester groups is 1. The van der Waals surface area contributed by atoms with Crippen LogP contribution in [-0.4, -0.2) is 277 Å². The van der Waals surface area contributed by atoms with Crippen LogP contribution < -0.4 is 4.89 Å². The van der Waals surface area contributed by atoms with E-state index in [2.05, 4.69) is 4.52 Å². The monoisotopic (exact) mass is 1700 g/mol. The van der Waals surface area contributed by atoms with E-state index in [0.717, 1.165) is 45.6 Å². The summed E-state index contributed by atoms with van der Waals surface area (Å²) < 4.78 is 74.2. The first kappa shape index (κ1) is 108. The van der Waals surface area contributed by atoms with Crippen LogP contribution >= 0.6 is 7.82 Å². The van der Waals surface area contributed by atoms with E-state index in [0.29, 0.717) is 167 Å². The van der Waals surface area contributed by atoms with E-state index in [1.807, 2.05) is 6.92 Å². The maximum absolute atomic E-state index is 14.2. The van der Waals surface area contributed by atoms with Crippen LogP contribution in [0.1, 0.15) is 286 Å². The van der Waals surface area contributed by atoms with Gasteiger partial charge >= 0.3 is 0 Å². The third-order valence-corrected chi connectivity index (χ3v) is 23.7. The van der Waals surface area contributed by atoms with Gasteiger partial charge in [-0.1, -0.05) is 92.9 Å². The van der Waals surface area contributed by atoms with Gasteiger partial charge in [0.25, 0.3) is 7.82 Å². The highest BCUT2D eigenvalue weighted by atomic mass is 31.2. The number of phosphoric acid groups is 1. The van der Waals surface area contributed by atoms with Crippen LogP contribution in [0.15, 0.2) is 0 Å². The zero-order chi connectivity index (χ0) is 85.3. The van der Waals surface area contributed by atoms with Crippen LogP contribution in [0.25, 0.3) is 0 Å². The topological polar surface area (TPSA) is 464 Å². The molecule has 117 heavy (non-hydrogen) atoms. The van der Waals surface area contributed by atoms with Gasteiger partial charge < -0.3 is 107 Å². The highest BCUT2D eigenvalue weighted by Crippen LogP contribution is 2.39. The van der Waals surface area contributed by atoms with Crippen LogP contribution in [0.2, 0.25) is 0 Å². The van der Waals surface area contributed by atoms with E-state index in [9.17, 15) is 93.8 Å². The number of aliphatic hydroxyl groups excluding tert-OH is 9. The predicted octanol–water partition coefficient (Wildman–Crippen LogP) is 8.11. The van der Waals surface area contributed by atoms with Crippen molar-refractivity contribution >= 4 is 54.2 Å². The summed E-state index contributed by atoms with van der Waals surface area (Å²) in [7, 11) is -3.38. The highest BCUT2D eigenvalue weighted by molar-refractivity contribution is 7.45. The number of rotatable bonds is 71. The van der Waals surface area contributed by atoms with Crippen molar-refractivity contribution in [2.24, 2.45) is 29.1 Å². The first-order chi connectivity index (χ1) is 55.6. The normalized spacial score (nSPS) is 26.5. The smallest absolute Gasteiger partial charge is 0.267 e. The Kier molecular flexibility index (Phi) is 56.9. The van der Waals surface area contributed by atoms with E-state index in [1.54, 1.807) is 25.7 Å². The number of amides is 1. The lowest BCUT2D eigenvalue weighted by atomic mass is 9.83. The number of hydrogen-bond acceptors (Lipinski definition) is 30. The summed E-state index contributed by atoms with van der Waals surface area (Å²) in [4.78, 5) is 119. The molecule has 0 radical (unpaired) electrons. The van der Waals surface area contributed by atoms with Gasteiger partial charge in [-0.05, 0) is 102 Å². The Labute approximate surface area is 695 Å². The lowest BCUT2D eigenvalue weighted by molar-refractivity contribution is -0.282. The van der Waals surface area contributed by atoms with Crippen LogP contribution in [0.4, 0.5) is 0 Å². The summed E-state index contributed by atoms with van der Waals surface area (Å²) in [5, 5.41) is 89.8. The van der Waals surface area contributed by atoms with Crippen molar-refractivity contribution in [3.05, 3.63) is 0 Å². The first-order valence-corrected chi connectivity index (χ1v) is 44.9. The Bertz CT molecular complexity index is 2590. The molecule has 4 aliphatic heterocycles. The highest BCUT2D eigenvalue weighted by Gasteiger charge is 2.45. The molecule has 4 fully saturated rings. The van der Waals surface area contributed by atoms with Gasteiger partial charge in [0.1, 0.15) is 77.1 Å². The van der Waals surface area contributed by atoms with E-state index in [-0.39, 0.29) is 183 Å². The molecule has 32 heteroatoms. The van der Waals surface area contributed by atoms with Crippen molar-refractivity contribution in [1.29, 1.82) is 0 Å². The van der Waals surface area contributed by atoms with Gasteiger partial charge in [-0.25, -0.2) is 0 Å².